The molecule has 0 aliphatic heterocycles. The monoisotopic (exact) mass is 221 g/mol. The van der Waals surface area contributed by atoms with Crippen molar-refractivity contribution in [2.45, 2.75) is 52.0 Å². The number of hydrogen-bond acceptors (Lipinski definition) is 2. The van der Waals surface area contributed by atoms with Crippen LogP contribution in [0.15, 0.2) is 6.33 Å². The van der Waals surface area contributed by atoms with Crippen LogP contribution in [0, 0.1) is 0 Å². The van der Waals surface area contributed by atoms with Gasteiger partial charge in [0.15, 0.2) is 0 Å². The van der Waals surface area contributed by atoms with Crippen molar-refractivity contribution in [2.24, 2.45) is 0 Å². The largest absolute Gasteiger partial charge is 0.330 e. The highest BCUT2D eigenvalue weighted by molar-refractivity contribution is 5.17. The first kappa shape index (κ1) is 11.6. The number of nitrogens with one attached hydrogen (secondary N) is 1. The van der Waals surface area contributed by atoms with Crippen molar-refractivity contribution in [1.29, 1.82) is 0 Å². The van der Waals surface area contributed by atoms with Gasteiger partial charge in [0.2, 0.25) is 0 Å². The van der Waals surface area contributed by atoms with Gasteiger partial charge in [-0.1, -0.05) is 13.8 Å². The molecule has 1 atom stereocenters. The molecule has 2 rings (SSSR count). The zero-order chi connectivity index (χ0) is 11.4. The van der Waals surface area contributed by atoms with Gasteiger partial charge < -0.3 is 9.88 Å². The minimum absolute atomic E-state index is 0.578. The van der Waals surface area contributed by atoms with Gasteiger partial charge in [0.1, 0.15) is 0 Å². The lowest BCUT2D eigenvalue weighted by Gasteiger charge is -2.22. The molecule has 1 aromatic heterocycles. The Kier molecular flexibility index (Phi) is 3.99. The van der Waals surface area contributed by atoms with E-state index in [1.54, 1.807) is 0 Å². The average Bonchev–Trinajstić information content (AvgIpc) is 2.75. The molecule has 0 aromatic carbocycles. The third-order valence-corrected chi connectivity index (χ3v) is 3.55. The standard InChI is InChI=1S/C13H23N3/c1-3-11(9-14-4-2)16-10-15-12-7-5-6-8-13(12)16/h10-11,14H,3-9H2,1-2H3. The Hall–Kier alpha value is -0.830. The first-order valence-electron chi connectivity index (χ1n) is 6.62. The number of fused-ring (bicyclic) bond motifs is 1. The van der Waals surface area contributed by atoms with E-state index in [1.807, 2.05) is 0 Å². The fourth-order valence-corrected chi connectivity index (χ4v) is 2.56. The van der Waals surface area contributed by atoms with Crippen molar-refractivity contribution < 1.29 is 0 Å². The zero-order valence-electron chi connectivity index (χ0n) is 10.5. The van der Waals surface area contributed by atoms with Crippen molar-refractivity contribution in [3.63, 3.8) is 0 Å². The summed E-state index contributed by atoms with van der Waals surface area (Å²) in [7, 11) is 0. The molecule has 0 amide bonds. The summed E-state index contributed by atoms with van der Waals surface area (Å²) in [6, 6.07) is 0.578. The quantitative estimate of drug-likeness (QED) is 0.827. The SMILES string of the molecule is CCNCC(CC)n1cnc2c1CCCC2. The summed E-state index contributed by atoms with van der Waals surface area (Å²) < 4.78 is 2.41. The minimum Gasteiger partial charge on any atom is -0.330 e. The first-order chi connectivity index (χ1) is 7.86. The highest BCUT2D eigenvalue weighted by Gasteiger charge is 2.19. The van der Waals surface area contributed by atoms with Gasteiger partial charge in [0.25, 0.3) is 0 Å². The van der Waals surface area contributed by atoms with Gasteiger partial charge >= 0.3 is 0 Å². The van der Waals surface area contributed by atoms with E-state index in [2.05, 4.69) is 35.0 Å². The number of aromatic nitrogens is 2. The van der Waals surface area contributed by atoms with Crippen molar-refractivity contribution in [2.75, 3.05) is 13.1 Å². The molecule has 0 radical (unpaired) electrons. The van der Waals surface area contributed by atoms with E-state index in [0.717, 1.165) is 13.1 Å². The molecule has 3 heteroatoms. The molecule has 0 saturated heterocycles. The number of hydrogen-bond donors (Lipinski definition) is 1. The van der Waals surface area contributed by atoms with Gasteiger partial charge in [-0.25, -0.2) is 4.98 Å². The highest BCUT2D eigenvalue weighted by Crippen LogP contribution is 2.23. The molecule has 1 unspecified atom stereocenters. The first-order valence-corrected chi connectivity index (χ1v) is 6.62. The Morgan fingerprint density at radius 3 is 2.94 bits per heavy atom. The van der Waals surface area contributed by atoms with Crippen LogP contribution in [-0.2, 0) is 12.8 Å². The molecule has 0 saturated carbocycles. The van der Waals surface area contributed by atoms with Crippen LogP contribution >= 0.6 is 0 Å². The summed E-state index contributed by atoms with van der Waals surface area (Å²) in [5.41, 5.74) is 2.84. The lowest BCUT2D eigenvalue weighted by Crippen LogP contribution is -2.26. The van der Waals surface area contributed by atoms with Crippen LogP contribution in [0.1, 0.15) is 50.5 Å². The summed E-state index contributed by atoms with van der Waals surface area (Å²) in [5.74, 6) is 0. The van der Waals surface area contributed by atoms with Crippen molar-refractivity contribution >= 4 is 0 Å². The Morgan fingerprint density at radius 2 is 2.19 bits per heavy atom. The molecule has 1 aromatic rings. The summed E-state index contributed by atoms with van der Waals surface area (Å²) in [6.07, 6.45) is 8.28. The Morgan fingerprint density at radius 1 is 1.38 bits per heavy atom. The average molecular weight is 221 g/mol. The Labute approximate surface area is 98.3 Å². The number of likely N-dealkylation sites (N-methyl/N-ethyl adjacent to an activating group) is 1. The van der Waals surface area contributed by atoms with Crippen LogP contribution in [0.25, 0.3) is 0 Å². The van der Waals surface area contributed by atoms with Gasteiger partial charge in [0.05, 0.1) is 12.0 Å². The van der Waals surface area contributed by atoms with E-state index < -0.39 is 0 Å². The summed E-state index contributed by atoms with van der Waals surface area (Å²) >= 11 is 0. The summed E-state index contributed by atoms with van der Waals surface area (Å²) in [6.45, 7) is 6.54. The normalized spacial score (nSPS) is 17.1. The van der Waals surface area contributed by atoms with E-state index in [-0.39, 0.29) is 0 Å². The van der Waals surface area contributed by atoms with E-state index >= 15 is 0 Å². The third kappa shape index (κ3) is 2.29. The summed E-state index contributed by atoms with van der Waals surface area (Å²) in [4.78, 5) is 4.57. The molecule has 1 aliphatic carbocycles. The maximum atomic E-state index is 4.57. The van der Waals surface area contributed by atoms with Crippen LogP contribution in [0.2, 0.25) is 0 Å². The predicted molar refractivity (Wildman–Crippen MR) is 66.7 cm³/mol. The van der Waals surface area contributed by atoms with Gasteiger partial charge in [-0.3, -0.25) is 0 Å². The molecule has 0 fully saturated rings. The lowest BCUT2D eigenvalue weighted by atomic mass is 10.0. The number of nitrogens with zero attached hydrogens (tertiary/aromatic N) is 2. The summed E-state index contributed by atoms with van der Waals surface area (Å²) in [5, 5.41) is 3.45. The minimum atomic E-state index is 0.578. The van der Waals surface area contributed by atoms with Gasteiger partial charge in [-0.2, -0.15) is 0 Å². The Balaban J connectivity index is 2.14. The molecular formula is C13H23N3. The Bertz CT molecular complexity index is 330. The van der Waals surface area contributed by atoms with Crippen molar-refractivity contribution in [3.8, 4) is 0 Å². The predicted octanol–water partition coefficient (Wildman–Crippen LogP) is 2.32. The third-order valence-electron chi connectivity index (χ3n) is 3.55. The van der Waals surface area contributed by atoms with Gasteiger partial charge in [-0.15, -0.1) is 0 Å². The molecule has 1 aliphatic rings. The maximum Gasteiger partial charge on any atom is 0.0954 e. The van der Waals surface area contributed by atoms with E-state index in [9.17, 15) is 0 Å². The van der Waals surface area contributed by atoms with Crippen LogP contribution in [-0.4, -0.2) is 22.6 Å². The smallest absolute Gasteiger partial charge is 0.0954 e. The van der Waals surface area contributed by atoms with Crippen molar-refractivity contribution in [3.05, 3.63) is 17.7 Å². The van der Waals surface area contributed by atoms with E-state index in [1.165, 1.54) is 43.5 Å². The highest BCUT2D eigenvalue weighted by atomic mass is 15.1. The van der Waals surface area contributed by atoms with Crippen LogP contribution in [0.4, 0.5) is 0 Å². The molecule has 0 spiro atoms. The van der Waals surface area contributed by atoms with Crippen LogP contribution in [0.3, 0.4) is 0 Å². The van der Waals surface area contributed by atoms with E-state index in [4.69, 9.17) is 0 Å². The second-order valence-corrected chi connectivity index (χ2v) is 4.62. The van der Waals surface area contributed by atoms with Gasteiger partial charge in [-0.05, 0) is 38.6 Å². The molecule has 16 heavy (non-hydrogen) atoms. The maximum absolute atomic E-state index is 4.57. The fraction of sp³-hybridized carbons (Fsp3) is 0.769. The molecular weight excluding hydrogens is 198 g/mol. The number of rotatable bonds is 5. The molecule has 0 bridgehead atoms. The second kappa shape index (κ2) is 5.48. The fourth-order valence-electron chi connectivity index (χ4n) is 2.56. The van der Waals surface area contributed by atoms with Crippen LogP contribution in [0.5, 0.6) is 0 Å². The molecule has 90 valence electrons. The lowest BCUT2D eigenvalue weighted by molar-refractivity contribution is 0.435. The molecule has 3 nitrogen and oxygen atoms in total. The number of aryl methyl sites for hydroxylation is 1. The second-order valence-electron chi connectivity index (χ2n) is 4.62. The van der Waals surface area contributed by atoms with E-state index in [0.29, 0.717) is 6.04 Å². The van der Waals surface area contributed by atoms with Gasteiger partial charge in [0, 0.05) is 18.3 Å². The zero-order valence-corrected chi connectivity index (χ0v) is 10.5. The molecule has 1 N–H and O–H groups in total. The van der Waals surface area contributed by atoms with Crippen LogP contribution < -0.4 is 5.32 Å². The topological polar surface area (TPSA) is 29.9 Å². The number of imidazole rings is 1. The molecule has 1 heterocycles. The van der Waals surface area contributed by atoms with Crippen molar-refractivity contribution in [1.82, 2.24) is 14.9 Å².